The van der Waals surface area contributed by atoms with E-state index in [1.54, 1.807) is 0 Å². The van der Waals surface area contributed by atoms with Crippen molar-refractivity contribution in [2.24, 2.45) is 0 Å². The summed E-state index contributed by atoms with van der Waals surface area (Å²) in [5, 5.41) is 13.7. The van der Waals surface area contributed by atoms with Crippen LogP contribution in [0.4, 0.5) is 5.13 Å². The quantitative estimate of drug-likeness (QED) is 0.678. The highest BCUT2D eigenvalue weighted by molar-refractivity contribution is 8.00. The second-order valence-corrected chi connectivity index (χ2v) is 7.33. The Balaban J connectivity index is 1.85. The molecule has 0 radical (unpaired) electrons. The fourth-order valence-corrected chi connectivity index (χ4v) is 3.87. The topological polar surface area (TPSA) is 82.1 Å². The van der Waals surface area contributed by atoms with E-state index in [-0.39, 0.29) is 17.4 Å². The van der Waals surface area contributed by atoms with E-state index in [2.05, 4.69) is 10.3 Å². The zero-order valence-electron chi connectivity index (χ0n) is 13.7. The summed E-state index contributed by atoms with van der Waals surface area (Å²) in [7, 11) is 0. The van der Waals surface area contributed by atoms with Gasteiger partial charge < -0.3 is 15.2 Å². The number of rotatable bonds is 7. The average Bonchev–Trinajstić information content (AvgIpc) is 3.06. The minimum Gasteiger partial charge on any atom is -0.549 e. The van der Waals surface area contributed by atoms with Gasteiger partial charge in [-0.15, -0.1) is 11.8 Å². The number of thioether (sulfide) groups is 1. The second-order valence-electron chi connectivity index (χ2n) is 5.34. The van der Waals surface area contributed by atoms with Crippen LogP contribution in [0.3, 0.4) is 0 Å². The van der Waals surface area contributed by atoms with Gasteiger partial charge in [0.1, 0.15) is 0 Å². The van der Waals surface area contributed by atoms with Gasteiger partial charge in [-0.05, 0) is 5.56 Å². The maximum atomic E-state index is 12.0. The second kappa shape index (κ2) is 8.64. The van der Waals surface area contributed by atoms with Gasteiger partial charge in [-0.1, -0.05) is 72.0 Å². The number of hydrogen-bond acceptors (Lipinski definition) is 6. The van der Waals surface area contributed by atoms with Crippen LogP contribution in [0.15, 0.2) is 60.7 Å². The molecule has 7 heteroatoms. The fraction of sp³-hybridized carbons (Fsp3) is 0.105. The first kappa shape index (κ1) is 18.2. The number of amides is 1. The van der Waals surface area contributed by atoms with Crippen LogP contribution in [0.2, 0.25) is 0 Å². The molecule has 3 aromatic rings. The van der Waals surface area contributed by atoms with Gasteiger partial charge >= 0.3 is 0 Å². The van der Waals surface area contributed by atoms with Gasteiger partial charge in [-0.3, -0.25) is 4.79 Å². The van der Waals surface area contributed by atoms with Crippen molar-refractivity contribution in [2.45, 2.75) is 0 Å². The Kier molecular flexibility index (Phi) is 6.04. The minimum absolute atomic E-state index is 0.0366. The molecule has 0 aliphatic rings. The summed E-state index contributed by atoms with van der Waals surface area (Å²) in [6, 6.07) is 19.6. The summed E-state index contributed by atoms with van der Waals surface area (Å²) in [6.45, 7) is 0. The average molecular weight is 383 g/mol. The van der Waals surface area contributed by atoms with Crippen LogP contribution >= 0.6 is 23.1 Å². The summed E-state index contributed by atoms with van der Waals surface area (Å²) >= 11 is 2.39. The number of anilines is 1. The van der Waals surface area contributed by atoms with Crippen molar-refractivity contribution in [1.82, 2.24) is 4.98 Å². The number of hydrogen-bond donors (Lipinski definition) is 1. The Hall–Kier alpha value is -2.64. The van der Waals surface area contributed by atoms with Crippen LogP contribution in [0, 0.1) is 0 Å². The monoisotopic (exact) mass is 383 g/mol. The Morgan fingerprint density at radius 3 is 2.19 bits per heavy atom. The number of aromatic nitrogens is 1. The van der Waals surface area contributed by atoms with E-state index in [1.807, 2.05) is 60.7 Å². The van der Waals surface area contributed by atoms with Gasteiger partial charge in [-0.25, -0.2) is 4.98 Å². The number of carbonyl (C=O) groups excluding carboxylic acids is 2. The SMILES string of the molecule is O=C([O-])CSCC(=O)Nc1nc(-c2ccccc2)c(-c2ccccc2)s1. The van der Waals surface area contributed by atoms with Crippen LogP contribution in [0.5, 0.6) is 0 Å². The molecule has 0 saturated heterocycles. The van der Waals surface area contributed by atoms with E-state index in [4.69, 9.17) is 0 Å². The number of nitrogens with one attached hydrogen (secondary N) is 1. The van der Waals surface area contributed by atoms with E-state index < -0.39 is 5.97 Å². The molecular weight excluding hydrogens is 368 g/mol. The number of carbonyl (C=O) groups is 2. The lowest BCUT2D eigenvalue weighted by Gasteiger charge is -2.02. The van der Waals surface area contributed by atoms with Gasteiger partial charge in [0.25, 0.3) is 0 Å². The molecule has 2 aromatic carbocycles. The van der Waals surface area contributed by atoms with Crippen molar-refractivity contribution < 1.29 is 14.7 Å². The third-order valence-corrected chi connectivity index (χ3v) is 5.34. The molecule has 0 saturated carbocycles. The smallest absolute Gasteiger partial charge is 0.236 e. The summed E-state index contributed by atoms with van der Waals surface area (Å²) in [6.07, 6.45) is 0. The number of aliphatic carboxylic acids is 1. The number of nitrogens with zero attached hydrogens (tertiary/aromatic N) is 1. The molecule has 5 nitrogen and oxygen atoms in total. The van der Waals surface area contributed by atoms with E-state index in [0.29, 0.717) is 5.13 Å². The van der Waals surface area contributed by atoms with Crippen LogP contribution in [0.25, 0.3) is 21.7 Å². The van der Waals surface area contributed by atoms with Crippen molar-refractivity contribution in [3.8, 4) is 21.7 Å². The van der Waals surface area contributed by atoms with E-state index in [0.717, 1.165) is 33.5 Å². The maximum absolute atomic E-state index is 12.0. The molecule has 1 amide bonds. The highest BCUT2D eigenvalue weighted by Crippen LogP contribution is 2.38. The van der Waals surface area contributed by atoms with Crippen molar-refractivity contribution in [3.63, 3.8) is 0 Å². The van der Waals surface area contributed by atoms with Gasteiger partial charge in [0.05, 0.1) is 22.3 Å². The summed E-state index contributed by atoms with van der Waals surface area (Å²) in [5.74, 6) is -1.65. The van der Waals surface area contributed by atoms with Crippen molar-refractivity contribution in [1.29, 1.82) is 0 Å². The van der Waals surface area contributed by atoms with Gasteiger partial charge in [0.15, 0.2) is 5.13 Å². The molecule has 0 fully saturated rings. The first-order valence-corrected chi connectivity index (χ1v) is 9.79. The number of carboxylic acids is 1. The minimum atomic E-state index is -1.19. The zero-order chi connectivity index (χ0) is 18.4. The molecule has 0 atom stereocenters. The first-order valence-electron chi connectivity index (χ1n) is 7.82. The first-order chi connectivity index (χ1) is 12.6. The van der Waals surface area contributed by atoms with Crippen LogP contribution in [-0.4, -0.2) is 28.4 Å². The summed E-state index contributed by atoms with van der Waals surface area (Å²) < 4.78 is 0. The molecule has 3 rings (SSSR count). The molecule has 1 heterocycles. The highest BCUT2D eigenvalue weighted by Gasteiger charge is 2.16. The summed E-state index contributed by atoms with van der Waals surface area (Å²) in [5.41, 5.74) is 2.80. The van der Waals surface area contributed by atoms with Crippen LogP contribution in [-0.2, 0) is 9.59 Å². The third kappa shape index (κ3) is 4.71. The molecule has 0 bridgehead atoms. The van der Waals surface area contributed by atoms with E-state index in [9.17, 15) is 14.7 Å². The maximum Gasteiger partial charge on any atom is 0.236 e. The molecule has 0 spiro atoms. The lowest BCUT2D eigenvalue weighted by molar-refractivity contribution is -0.301. The molecule has 1 aromatic heterocycles. The van der Waals surface area contributed by atoms with Crippen molar-refractivity contribution in [2.75, 3.05) is 16.8 Å². The summed E-state index contributed by atoms with van der Waals surface area (Å²) in [4.78, 5) is 28.0. The Bertz CT molecular complexity index is 839. The predicted molar refractivity (Wildman–Crippen MR) is 104 cm³/mol. The highest BCUT2D eigenvalue weighted by atomic mass is 32.2. The Morgan fingerprint density at radius 2 is 1.58 bits per heavy atom. The Labute approximate surface area is 159 Å². The van der Waals surface area contributed by atoms with Gasteiger partial charge in [0.2, 0.25) is 5.91 Å². The zero-order valence-corrected chi connectivity index (χ0v) is 15.3. The number of benzene rings is 2. The predicted octanol–water partition coefficient (Wildman–Crippen LogP) is 2.90. The lowest BCUT2D eigenvalue weighted by atomic mass is 10.1. The molecule has 0 unspecified atom stereocenters. The number of carboxylic acid groups (broad SMARTS) is 1. The fourth-order valence-electron chi connectivity index (χ4n) is 2.33. The lowest BCUT2D eigenvalue weighted by Crippen LogP contribution is -2.25. The van der Waals surface area contributed by atoms with Crippen molar-refractivity contribution in [3.05, 3.63) is 60.7 Å². The van der Waals surface area contributed by atoms with Crippen LogP contribution in [0.1, 0.15) is 0 Å². The van der Waals surface area contributed by atoms with E-state index >= 15 is 0 Å². The molecule has 0 aliphatic carbocycles. The molecule has 0 aliphatic heterocycles. The standard InChI is InChI=1S/C19H16N2O3S2/c22-15(11-25-12-16(23)24)20-19-21-17(13-7-3-1-4-8-13)18(26-19)14-9-5-2-6-10-14/h1-10H,11-12H2,(H,23,24)(H,20,21,22)/p-1. The Morgan fingerprint density at radius 1 is 0.962 bits per heavy atom. The molecule has 1 N–H and O–H groups in total. The third-order valence-electron chi connectivity index (χ3n) is 3.41. The number of thiazole rings is 1. The molecule has 132 valence electrons. The normalized spacial score (nSPS) is 10.5. The largest absolute Gasteiger partial charge is 0.549 e. The van der Waals surface area contributed by atoms with Gasteiger partial charge in [0, 0.05) is 11.3 Å². The van der Waals surface area contributed by atoms with Crippen molar-refractivity contribution >= 4 is 40.1 Å². The van der Waals surface area contributed by atoms with Crippen LogP contribution < -0.4 is 10.4 Å². The van der Waals surface area contributed by atoms with E-state index in [1.165, 1.54) is 11.3 Å². The van der Waals surface area contributed by atoms with Gasteiger partial charge in [-0.2, -0.15) is 0 Å². The molecule has 26 heavy (non-hydrogen) atoms. The molecular formula is C19H15N2O3S2-.